The van der Waals surface area contributed by atoms with Crippen molar-refractivity contribution in [3.05, 3.63) is 71.6 Å². The van der Waals surface area contributed by atoms with Crippen LogP contribution in [-0.2, 0) is 13.2 Å². The summed E-state index contributed by atoms with van der Waals surface area (Å²) in [7, 11) is 1.70. The lowest BCUT2D eigenvalue weighted by atomic mass is 9.72. The number of rotatable bonds is 7. The highest BCUT2D eigenvalue weighted by Gasteiger charge is 2.51. The molecule has 6 nitrogen and oxygen atoms in total. The number of anilines is 1. The van der Waals surface area contributed by atoms with E-state index >= 15 is 0 Å². The number of aryl methyl sites for hydroxylation is 1. The number of hydrogen-bond acceptors (Lipinski definition) is 6. The highest BCUT2D eigenvalue weighted by molar-refractivity contribution is 5.52. The number of hydrogen-bond donors (Lipinski definition) is 0. The summed E-state index contributed by atoms with van der Waals surface area (Å²) >= 11 is 0. The molecule has 0 unspecified atom stereocenters. The normalized spacial score (nSPS) is 17.5. The molecule has 0 bridgehead atoms. The summed E-state index contributed by atoms with van der Waals surface area (Å²) in [4.78, 5) is 4.97. The van der Waals surface area contributed by atoms with E-state index in [9.17, 15) is 0 Å². The number of ether oxygens (including phenoxy) is 2. The van der Waals surface area contributed by atoms with Crippen LogP contribution < -0.4 is 14.4 Å². The van der Waals surface area contributed by atoms with Gasteiger partial charge < -0.3 is 18.9 Å². The number of likely N-dealkylation sites (tertiary alicyclic amines) is 1. The van der Waals surface area contributed by atoms with Gasteiger partial charge in [0.15, 0.2) is 0 Å². The van der Waals surface area contributed by atoms with Crippen molar-refractivity contribution < 1.29 is 14.0 Å². The molecule has 0 N–H and O–H groups in total. The summed E-state index contributed by atoms with van der Waals surface area (Å²) in [5.41, 5.74) is 3.84. The summed E-state index contributed by atoms with van der Waals surface area (Å²) in [6, 6.07) is 18.6. The van der Waals surface area contributed by atoms with Crippen molar-refractivity contribution in [3.8, 4) is 11.5 Å². The molecule has 1 spiro atoms. The van der Waals surface area contributed by atoms with Gasteiger partial charge in [0.2, 0.25) is 0 Å². The largest absolute Gasteiger partial charge is 0.497 e. The van der Waals surface area contributed by atoms with Gasteiger partial charge in [-0.2, -0.15) is 0 Å². The van der Waals surface area contributed by atoms with Crippen LogP contribution in [0.4, 0.5) is 5.69 Å². The van der Waals surface area contributed by atoms with Crippen molar-refractivity contribution in [2.24, 2.45) is 5.41 Å². The van der Waals surface area contributed by atoms with Crippen molar-refractivity contribution in [1.82, 2.24) is 10.1 Å². The molecule has 2 aliphatic heterocycles. The lowest BCUT2D eigenvalue weighted by Crippen LogP contribution is -2.71. The van der Waals surface area contributed by atoms with Crippen LogP contribution in [0.2, 0.25) is 0 Å². The van der Waals surface area contributed by atoms with Crippen molar-refractivity contribution in [1.29, 1.82) is 0 Å². The van der Waals surface area contributed by atoms with Gasteiger partial charge in [-0.15, -0.1) is 0 Å². The molecule has 0 amide bonds. The van der Waals surface area contributed by atoms with Crippen molar-refractivity contribution in [3.63, 3.8) is 0 Å². The van der Waals surface area contributed by atoms with Gasteiger partial charge in [0.05, 0.1) is 7.11 Å². The molecule has 2 aliphatic rings. The SMILES string of the molecule is COc1ccc(N2CC3(CN(Cc4cccc(OCc5cc(C)on5)c4)C3)C2)cc1. The van der Waals surface area contributed by atoms with E-state index in [2.05, 4.69) is 45.3 Å². The number of nitrogens with zero attached hydrogens (tertiary/aromatic N) is 3. The third kappa shape index (κ3) is 3.87. The van der Waals surface area contributed by atoms with Gasteiger partial charge in [0.25, 0.3) is 0 Å². The lowest BCUT2D eigenvalue weighted by molar-refractivity contribution is -0.0273. The second-order valence-corrected chi connectivity index (χ2v) is 8.56. The molecule has 6 heteroatoms. The molecular weight excluding hydrogens is 378 g/mol. The summed E-state index contributed by atoms with van der Waals surface area (Å²) < 4.78 is 16.2. The Morgan fingerprint density at radius 1 is 1.00 bits per heavy atom. The van der Waals surface area contributed by atoms with Crippen LogP contribution in [-0.4, -0.2) is 43.3 Å². The standard InChI is InChI=1S/C24H27N3O3/c1-18-10-20(25-30-18)13-29-23-5-3-4-19(11-23)12-26-14-24(15-26)16-27(17-24)21-6-8-22(28-2)9-7-21/h3-11H,12-17H2,1-2H3. The van der Waals surface area contributed by atoms with E-state index < -0.39 is 0 Å². The Kier molecular flexibility index (Phi) is 4.87. The van der Waals surface area contributed by atoms with E-state index in [-0.39, 0.29) is 0 Å². The first kappa shape index (κ1) is 19.0. The third-order valence-electron chi connectivity index (χ3n) is 5.98. The Bertz CT molecular complexity index is 1000. The molecule has 5 rings (SSSR count). The van der Waals surface area contributed by atoms with Crippen LogP contribution in [0.15, 0.2) is 59.1 Å². The Hall–Kier alpha value is -2.99. The molecule has 1 aromatic heterocycles. The summed E-state index contributed by atoms with van der Waals surface area (Å²) in [5, 5.41) is 3.97. The second-order valence-electron chi connectivity index (χ2n) is 8.56. The molecule has 0 atom stereocenters. The van der Waals surface area contributed by atoms with E-state index in [0.29, 0.717) is 12.0 Å². The molecule has 2 saturated heterocycles. The zero-order valence-corrected chi connectivity index (χ0v) is 17.5. The van der Waals surface area contributed by atoms with E-state index in [4.69, 9.17) is 14.0 Å². The van der Waals surface area contributed by atoms with Gasteiger partial charge in [0.1, 0.15) is 29.6 Å². The maximum absolute atomic E-state index is 5.88. The lowest BCUT2D eigenvalue weighted by Gasteiger charge is -2.61. The Morgan fingerprint density at radius 2 is 1.80 bits per heavy atom. The van der Waals surface area contributed by atoms with E-state index in [0.717, 1.165) is 55.7 Å². The first-order chi connectivity index (χ1) is 14.6. The minimum Gasteiger partial charge on any atom is -0.497 e. The average molecular weight is 405 g/mol. The van der Waals surface area contributed by atoms with Crippen LogP contribution in [0.3, 0.4) is 0 Å². The van der Waals surface area contributed by atoms with Crippen molar-refractivity contribution in [2.75, 3.05) is 38.2 Å². The predicted molar refractivity (Wildman–Crippen MR) is 115 cm³/mol. The van der Waals surface area contributed by atoms with Crippen LogP contribution in [0.5, 0.6) is 11.5 Å². The summed E-state index contributed by atoms with van der Waals surface area (Å²) in [5.74, 6) is 2.58. The fourth-order valence-corrected chi connectivity index (χ4v) is 4.59. The Balaban J connectivity index is 1.10. The zero-order valence-electron chi connectivity index (χ0n) is 17.5. The van der Waals surface area contributed by atoms with Gasteiger partial charge in [-0.25, -0.2) is 0 Å². The maximum atomic E-state index is 5.88. The first-order valence-corrected chi connectivity index (χ1v) is 10.4. The van der Waals surface area contributed by atoms with Gasteiger partial charge in [-0.05, 0) is 48.9 Å². The second kappa shape index (κ2) is 7.69. The number of aromatic nitrogens is 1. The number of benzene rings is 2. The van der Waals surface area contributed by atoms with Crippen LogP contribution in [0.25, 0.3) is 0 Å². The third-order valence-corrected chi connectivity index (χ3v) is 5.98. The van der Waals surface area contributed by atoms with Gasteiger partial charge in [-0.1, -0.05) is 17.3 Å². The van der Waals surface area contributed by atoms with E-state index in [1.54, 1.807) is 7.11 Å². The molecule has 3 heterocycles. The molecule has 0 saturated carbocycles. The minimum absolute atomic E-state index is 0.425. The van der Waals surface area contributed by atoms with Crippen LogP contribution in [0, 0.1) is 12.3 Å². The highest BCUT2D eigenvalue weighted by Crippen LogP contribution is 2.42. The first-order valence-electron chi connectivity index (χ1n) is 10.4. The van der Waals surface area contributed by atoms with E-state index in [1.807, 2.05) is 31.2 Å². The number of methoxy groups -OCH3 is 1. The summed E-state index contributed by atoms with van der Waals surface area (Å²) in [6.07, 6.45) is 0. The van der Waals surface area contributed by atoms with Gasteiger partial charge >= 0.3 is 0 Å². The fourth-order valence-electron chi connectivity index (χ4n) is 4.59. The molecule has 156 valence electrons. The van der Waals surface area contributed by atoms with Crippen molar-refractivity contribution in [2.45, 2.75) is 20.1 Å². The highest BCUT2D eigenvalue weighted by atomic mass is 16.5. The molecule has 2 fully saturated rings. The molecule has 2 aromatic carbocycles. The quantitative estimate of drug-likeness (QED) is 0.594. The van der Waals surface area contributed by atoms with Gasteiger partial charge in [-0.3, -0.25) is 4.90 Å². The fraction of sp³-hybridized carbons (Fsp3) is 0.375. The molecule has 3 aromatic rings. The van der Waals surface area contributed by atoms with Gasteiger partial charge in [0, 0.05) is 49.9 Å². The summed E-state index contributed by atoms with van der Waals surface area (Å²) in [6.45, 7) is 7.85. The van der Waals surface area contributed by atoms with E-state index in [1.165, 1.54) is 11.3 Å². The molecular formula is C24H27N3O3. The van der Waals surface area contributed by atoms with Crippen molar-refractivity contribution >= 4 is 5.69 Å². The predicted octanol–water partition coefficient (Wildman–Crippen LogP) is 3.89. The molecule has 0 radical (unpaired) electrons. The van der Waals surface area contributed by atoms with Crippen LogP contribution >= 0.6 is 0 Å². The maximum Gasteiger partial charge on any atom is 0.134 e. The minimum atomic E-state index is 0.425. The van der Waals surface area contributed by atoms with Crippen LogP contribution in [0.1, 0.15) is 17.0 Å². The zero-order chi connectivity index (χ0) is 20.6. The average Bonchev–Trinajstić information content (AvgIpc) is 3.13. The smallest absolute Gasteiger partial charge is 0.134 e. The molecule has 0 aliphatic carbocycles. The molecule has 30 heavy (non-hydrogen) atoms. The Morgan fingerprint density at radius 3 is 2.50 bits per heavy atom. The topological polar surface area (TPSA) is 51.0 Å². The monoisotopic (exact) mass is 405 g/mol. The Labute approximate surface area is 177 Å².